The van der Waals surface area contributed by atoms with E-state index in [1.54, 1.807) is 4.68 Å². The third kappa shape index (κ3) is 4.27. The van der Waals surface area contributed by atoms with Gasteiger partial charge in [0.05, 0.1) is 11.4 Å². The van der Waals surface area contributed by atoms with Gasteiger partial charge in [0.1, 0.15) is 5.69 Å². The van der Waals surface area contributed by atoms with Crippen LogP contribution in [0.4, 0.5) is 0 Å². The van der Waals surface area contributed by atoms with Crippen molar-refractivity contribution in [2.45, 2.75) is 44.6 Å². The van der Waals surface area contributed by atoms with E-state index in [4.69, 9.17) is 5.10 Å². The van der Waals surface area contributed by atoms with Crippen LogP contribution < -0.4 is 5.32 Å². The van der Waals surface area contributed by atoms with Crippen molar-refractivity contribution in [3.8, 4) is 5.69 Å². The molecule has 0 saturated heterocycles. The van der Waals surface area contributed by atoms with Gasteiger partial charge in [-0.05, 0) is 56.4 Å². The second-order valence-corrected chi connectivity index (χ2v) is 7.37. The van der Waals surface area contributed by atoms with Gasteiger partial charge in [0, 0.05) is 12.0 Å². The molecular weight excluding hydrogens is 334 g/mol. The third-order valence-electron chi connectivity index (χ3n) is 5.04. The minimum absolute atomic E-state index is 0.0567. The zero-order chi connectivity index (χ0) is 18.6. The van der Waals surface area contributed by atoms with Crippen LogP contribution in [0.5, 0.6) is 0 Å². The molecule has 138 valence electrons. The summed E-state index contributed by atoms with van der Waals surface area (Å²) in [4.78, 5) is 12.9. The Bertz CT molecular complexity index is 898. The first-order valence-corrected chi connectivity index (χ1v) is 9.71. The Labute approximate surface area is 160 Å². The van der Waals surface area contributed by atoms with Gasteiger partial charge < -0.3 is 5.32 Å². The number of hydrogen-bond donors (Lipinski definition) is 1. The van der Waals surface area contributed by atoms with Crippen molar-refractivity contribution < 1.29 is 4.79 Å². The van der Waals surface area contributed by atoms with Crippen LogP contribution in [0.15, 0.2) is 66.7 Å². The summed E-state index contributed by atoms with van der Waals surface area (Å²) in [6.07, 6.45) is 4.19. The van der Waals surface area contributed by atoms with E-state index in [0.717, 1.165) is 24.2 Å². The van der Waals surface area contributed by atoms with Crippen molar-refractivity contribution in [1.82, 2.24) is 15.1 Å². The van der Waals surface area contributed by atoms with E-state index in [2.05, 4.69) is 36.5 Å². The number of nitrogens with zero attached hydrogens (tertiary/aromatic N) is 2. The molecule has 1 unspecified atom stereocenters. The maximum absolute atomic E-state index is 12.9. The summed E-state index contributed by atoms with van der Waals surface area (Å²) < 4.78 is 1.78. The van der Waals surface area contributed by atoms with Crippen LogP contribution in [-0.4, -0.2) is 21.7 Å². The average molecular weight is 359 g/mol. The van der Waals surface area contributed by atoms with Crippen molar-refractivity contribution in [2.24, 2.45) is 0 Å². The lowest BCUT2D eigenvalue weighted by atomic mass is 10.1. The molecular formula is C23H25N3O. The standard InChI is InChI=1S/C23H25N3O/c1-17(12-13-18-8-4-2-5-9-18)24-23(27)22-16-21(19-14-15-19)25-26(22)20-10-6-3-7-11-20/h2-11,16-17,19H,12-15H2,1H3,(H,24,27). The summed E-state index contributed by atoms with van der Waals surface area (Å²) in [5, 5.41) is 7.87. The maximum Gasteiger partial charge on any atom is 0.270 e. The second kappa shape index (κ2) is 7.78. The van der Waals surface area contributed by atoms with E-state index < -0.39 is 0 Å². The van der Waals surface area contributed by atoms with Crippen LogP contribution >= 0.6 is 0 Å². The number of nitrogens with one attached hydrogen (secondary N) is 1. The highest BCUT2D eigenvalue weighted by Gasteiger charge is 2.29. The van der Waals surface area contributed by atoms with Gasteiger partial charge >= 0.3 is 0 Å². The van der Waals surface area contributed by atoms with Gasteiger partial charge in [-0.15, -0.1) is 0 Å². The quantitative estimate of drug-likeness (QED) is 0.675. The molecule has 1 fully saturated rings. The molecule has 1 aliphatic rings. The van der Waals surface area contributed by atoms with Crippen molar-refractivity contribution in [3.05, 3.63) is 83.7 Å². The molecule has 27 heavy (non-hydrogen) atoms. The Hall–Kier alpha value is -2.88. The Morgan fingerprint density at radius 1 is 1.11 bits per heavy atom. The second-order valence-electron chi connectivity index (χ2n) is 7.37. The largest absolute Gasteiger partial charge is 0.348 e. The number of rotatable bonds is 7. The molecule has 1 atom stereocenters. The third-order valence-corrected chi connectivity index (χ3v) is 5.04. The van der Waals surface area contributed by atoms with Crippen LogP contribution in [0.25, 0.3) is 5.69 Å². The van der Waals surface area contributed by atoms with E-state index in [0.29, 0.717) is 11.6 Å². The van der Waals surface area contributed by atoms with Crippen LogP contribution in [-0.2, 0) is 6.42 Å². The van der Waals surface area contributed by atoms with Gasteiger partial charge in [-0.3, -0.25) is 4.79 Å². The number of benzene rings is 2. The fourth-order valence-electron chi connectivity index (χ4n) is 3.30. The predicted octanol–water partition coefficient (Wildman–Crippen LogP) is 4.50. The fraction of sp³-hybridized carbons (Fsp3) is 0.304. The van der Waals surface area contributed by atoms with Gasteiger partial charge in [0.25, 0.3) is 5.91 Å². The lowest BCUT2D eigenvalue weighted by Crippen LogP contribution is -2.34. The summed E-state index contributed by atoms with van der Waals surface area (Å²) >= 11 is 0. The molecule has 3 aromatic rings. The number of aromatic nitrogens is 2. The van der Waals surface area contributed by atoms with E-state index in [1.807, 2.05) is 42.5 Å². The number of para-hydroxylation sites is 1. The van der Waals surface area contributed by atoms with Crippen LogP contribution in [0.1, 0.15) is 53.8 Å². The molecule has 1 saturated carbocycles. The predicted molar refractivity (Wildman–Crippen MR) is 107 cm³/mol. The van der Waals surface area contributed by atoms with Gasteiger partial charge in [0.2, 0.25) is 0 Å². The average Bonchev–Trinajstić information content (AvgIpc) is 3.46. The summed E-state index contributed by atoms with van der Waals surface area (Å²) in [5.74, 6) is 0.454. The summed E-state index contributed by atoms with van der Waals surface area (Å²) in [7, 11) is 0. The first kappa shape index (κ1) is 17.5. The molecule has 4 nitrogen and oxygen atoms in total. The molecule has 4 heteroatoms. The van der Waals surface area contributed by atoms with E-state index in [1.165, 1.54) is 18.4 Å². The van der Waals surface area contributed by atoms with Crippen LogP contribution in [0, 0.1) is 0 Å². The van der Waals surface area contributed by atoms with Gasteiger partial charge in [0.15, 0.2) is 0 Å². The molecule has 1 amide bonds. The normalized spacial score (nSPS) is 14.7. The van der Waals surface area contributed by atoms with Crippen molar-refractivity contribution in [2.75, 3.05) is 0 Å². The Kier molecular flexibility index (Phi) is 5.05. The summed E-state index contributed by atoms with van der Waals surface area (Å²) in [6.45, 7) is 2.06. The molecule has 1 aromatic heterocycles. The Morgan fingerprint density at radius 3 is 2.44 bits per heavy atom. The summed E-state index contributed by atoms with van der Waals surface area (Å²) in [5.41, 5.74) is 3.87. The maximum atomic E-state index is 12.9. The highest BCUT2D eigenvalue weighted by atomic mass is 16.2. The number of carbonyl (C=O) groups excluding carboxylic acids is 1. The number of hydrogen-bond acceptors (Lipinski definition) is 2. The highest BCUT2D eigenvalue weighted by molar-refractivity contribution is 5.93. The number of carbonyl (C=O) groups is 1. The molecule has 1 heterocycles. The van der Waals surface area contributed by atoms with Gasteiger partial charge in [-0.1, -0.05) is 48.5 Å². The molecule has 4 rings (SSSR count). The van der Waals surface area contributed by atoms with E-state index in [-0.39, 0.29) is 11.9 Å². The zero-order valence-corrected chi connectivity index (χ0v) is 15.6. The number of aryl methyl sites for hydroxylation is 1. The minimum Gasteiger partial charge on any atom is -0.348 e. The monoisotopic (exact) mass is 359 g/mol. The molecule has 2 aromatic carbocycles. The highest BCUT2D eigenvalue weighted by Crippen LogP contribution is 2.39. The van der Waals surface area contributed by atoms with E-state index in [9.17, 15) is 4.79 Å². The van der Waals surface area contributed by atoms with Crippen molar-refractivity contribution >= 4 is 5.91 Å². The molecule has 0 spiro atoms. The lowest BCUT2D eigenvalue weighted by molar-refractivity contribution is 0.0930. The summed E-state index contributed by atoms with van der Waals surface area (Å²) in [6, 6.07) is 22.3. The van der Waals surface area contributed by atoms with Crippen LogP contribution in [0.2, 0.25) is 0 Å². The van der Waals surface area contributed by atoms with Crippen LogP contribution in [0.3, 0.4) is 0 Å². The lowest BCUT2D eigenvalue weighted by Gasteiger charge is -2.14. The van der Waals surface area contributed by atoms with Gasteiger partial charge in [-0.25, -0.2) is 4.68 Å². The van der Waals surface area contributed by atoms with Crippen molar-refractivity contribution in [3.63, 3.8) is 0 Å². The number of amides is 1. The van der Waals surface area contributed by atoms with Crippen molar-refractivity contribution in [1.29, 1.82) is 0 Å². The smallest absolute Gasteiger partial charge is 0.270 e. The molecule has 0 bridgehead atoms. The fourth-order valence-corrected chi connectivity index (χ4v) is 3.30. The molecule has 1 N–H and O–H groups in total. The molecule has 1 aliphatic carbocycles. The Balaban J connectivity index is 1.47. The zero-order valence-electron chi connectivity index (χ0n) is 15.6. The SMILES string of the molecule is CC(CCc1ccccc1)NC(=O)c1cc(C2CC2)nn1-c1ccccc1. The molecule has 0 radical (unpaired) electrons. The first-order chi connectivity index (χ1) is 13.2. The molecule has 0 aliphatic heterocycles. The minimum atomic E-state index is -0.0567. The Morgan fingerprint density at radius 2 is 1.78 bits per heavy atom. The van der Waals surface area contributed by atoms with Gasteiger partial charge in [-0.2, -0.15) is 5.10 Å². The topological polar surface area (TPSA) is 46.9 Å². The van der Waals surface area contributed by atoms with E-state index >= 15 is 0 Å². The first-order valence-electron chi connectivity index (χ1n) is 9.71.